The Morgan fingerprint density at radius 2 is 2.19 bits per heavy atom. The van der Waals surface area contributed by atoms with Crippen LogP contribution in [0.15, 0.2) is 34.6 Å². The molecule has 6 nitrogen and oxygen atoms in total. The Morgan fingerprint density at radius 3 is 2.85 bits per heavy atom. The molecule has 2 aromatic rings. The van der Waals surface area contributed by atoms with Crippen LogP contribution in [0.25, 0.3) is 0 Å². The molecule has 0 radical (unpaired) electrons. The summed E-state index contributed by atoms with van der Waals surface area (Å²) in [5.41, 5.74) is 2.47. The van der Waals surface area contributed by atoms with Crippen molar-refractivity contribution in [2.75, 3.05) is 18.9 Å². The summed E-state index contributed by atoms with van der Waals surface area (Å²) in [5, 5.41) is 12.0. The molecule has 0 atom stereocenters. The second kappa shape index (κ2) is 9.59. The zero-order valence-corrected chi connectivity index (χ0v) is 16.0. The number of anilines is 1. The first-order valence-corrected chi connectivity index (χ1v) is 9.15. The average Bonchev–Trinajstić information content (AvgIpc) is 3.11. The van der Waals surface area contributed by atoms with Gasteiger partial charge in [-0.2, -0.15) is 0 Å². The quantitative estimate of drug-likeness (QED) is 0.415. The molecule has 0 saturated heterocycles. The van der Waals surface area contributed by atoms with E-state index in [1.165, 1.54) is 0 Å². The highest BCUT2D eigenvalue weighted by atomic mass is 32.1. The third kappa shape index (κ3) is 5.90. The predicted molar refractivity (Wildman–Crippen MR) is 107 cm³/mol. The van der Waals surface area contributed by atoms with E-state index in [4.69, 9.17) is 6.42 Å². The summed E-state index contributed by atoms with van der Waals surface area (Å²) in [5.74, 6) is 3.31. The Kier molecular flexibility index (Phi) is 7.18. The zero-order chi connectivity index (χ0) is 18.9. The van der Waals surface area contributed by atoms with Crippen molar-refractivity contribution in [3.05, 3.63) is 45.9 Å². The third-order valence-electron chi connectivity index (χ3n) is 3.52. The standard InChI is InChI=1S/C19H23N5OS/c1-5-14-7-6-8-15(9-14)23-17(25)10-21-19(20-4)22-11-18-24-16(12-26-18)13(2)3/h1,6-9,12-13H,10-11H2,2-4H3,(H,23,25)(H2,20,21,22). The van der Waals surface area contributed by atoms with Crippen LogP contribution in [0.4, 0.5) is 5.69 Å². The van der Waals surface area contributed by atoms with Crippen LogP contribution in [0.2, 0.25) is 0 Å². The summed E-state index contributed by atoms with van der Waals surface area (Å²) < 4.78 is 0. The van der Waals surface area contributed by atoms with E-state index in [2.05, 4.69) is 51.1 Å². The number of amides is 1. The minimum Gasteiger partial charge on any atom is -0.350 e. The largest absolute Gasteiger partial charge is 0.350 e. The number of nitrogens with one attached hydrogen (secondary N) is 3. The molecule has 0 saturated carbocycles. The van der Waals surface area contributed by atoms with E-state index >= 15 is 0 Å². The highest BCUT2D eigenvalue weighted by Gasteiger charge is 2.08. The normalized spacial score (nSPS) is 11.1. The van der Waals surface area contributed by atoms with Crippen LogP contribution < -0.4 is 16.0 Å². The minimum atomic E-state index is -0.182. The number of thiazole rings is 1. The van der Waals surface area contributed by atoms with Crippen molar-refractivity contribution in [2.24, 2.45) is 4.99 Å². The molecule has 0 unspecified atom stereocenters. The first kappa shape index (κ1) is 19.5. The van der Waals surface area contributed by atoms with Gasteiger partial charge >= 0.3 is 0 Å². The van der Waals surface area contributed by atoms with Gasteiger partial charge in [-0.05, 0) is 24.1 Å². The van der Waals surface area contributed by atoms with Crippen molar-refractivity contribution in [3.63, 3.8) is 0 Å². The van der Waals surface area contributed by atoms with Gasteiger partial charge in [0.2, 0.25) is 5.91 Å². The lowest BCUT2D eigenvalue weighted by Gasteiger charge is -2.11. The van der Waals surface area contributed by atoms with E-state index in [0.717, 1.165) is 16.3 Å². The number of carbonyl (C=O) groups excluding carboxylic acids is 1. The Morgan fingerprint density at radius 1 is 1.38 bits per heavy atom. The van der Waals surface area contributed by atoms with Gasteiger partial charge in [0.25, 0.3) is 0 Å². The fourth-order valence-corrected chi connectivity index (χ4v) is 3.00. The number of benzene rings is 1. The van der Waals surface area contributed by atoms with Crippen LogP contribution in [0.5, 0.6) is 0 Å². The second-order valence-electron chi connectivity index (χ2n) is 5.87. The van der Waals surface area contributed by atoms with E-state index in [-0.39, 0.29) is 12.5 Å². The van der Waals surface area contributed by atoms with E-state index in [1.54, 1.807) is 36.6 Å². The third-order valence-corrected chi connectivity index (χ3v) is 4.39. The lowest BCUT2D eigenvalue weighted by Crippen LogP contribution is -2.41. The molecule has 1 aromatic carbocycles. The van der Waals surface area contributed by atoms with E-state index < -0.39 is 0 Å². The SMILES string of the molecule is C#Cc1cccc(NC(=O)CNC(=NC)NCc2nc(C(C)C)cs2)c1. The maximum atomic E-state index is 12.1. The number of hydrogen-bond donors (Lipinski definition) is 3. The summed E-state index contributed by atoms with van der Waals surface area (Å²) in [6.45, 7) is 4.88. The molecule has 1 amide bonds. The molecule has 0 spiro atoms. The van der Waals surface area contributed by atoms with Gasteiger partial charge in [0, 0.05) is 23.7 Å². The number of carbonyl (C=O) groups is 1. The Balaban J connectivity index is 1.80. The fourth-order valence-electron chi connectivity index (χ4n) is 2.11. The monoisotopic (exact) mass is 369 g/mol. The van der Waals surface area contributed by atoms with Crippen molar-refractivity contribution in [2.45, 2.75) is 26.3 Å². The number of rotatable bonds is 6. The fraction of sp³-hybridized carbons (Fsp3) is 0.316. The lowest BCUT2D eigenvalue weighted by atomic mass is 10.2. The molecule has 7 heteroatoms. The Labute approximate surface area is 158 Å². The number of aromatic nitrogens is 1. The highest BCUT2D eigenvalue weighted by molar-refractivity contribution is 7.09. The van der Waals surface area contributed by atoms with Gasteiger partial charge in [-0.25, -0.2) is 4.98 Å². The maximum Gasteiger partial charge on any atom is 0.243 e. The second-order valence-corrected chi connectivity index (χ2v) is 6.82. The van der Waals surface area contributed by atoms with Gasteiger partial charge in [-0.3, -0.25) is 9.79 Å². The number of terminal acetylenes is 1. The Bertz CT molecular complexity index is 819. The topological polar surface area (TPSA) is 78.4 Å². The summed E-state index contributed by atoms with van der Waals surface area (Å²) in [7, 11) is 1.66. The molecule has 0 bridgehead atoms. The summed E-state index contributed by atoms with van der Waals surface area (Å²) in [6, 6.07) is 7.15. The van der Waals surface area contributed by atoms with Gasteiger partial charge in [-0.1, -0.05) is 25.8 Å². The number of hydrogen-bond acceptors (Lipinski definition) is 4. The molecule has 0 fully saturated rings. The van der Waals surface area contributed by atoms with Crippen molar-refractivity contribution >= 4 is 28.9 Å². The van der Waals surface area contributed by atoms with Crippen molar-refractivity contribution in [3.8, 4) is 12.3 Å². The van der Waals surface area contributed by atoms with Crippen molar-refractivity contribution in [1.82, 2.24) is 15.6 Å². The number of guanidine groups is 1. The maximum absolute atomic E-state index is 12.1. The molecular weight excluding hydrogens is 346 g/mol. The van der Waals surface area contributed by atoms with E-state index in [1.807, 2.05) is 6.07 Å². The molecule has 1 heterocycles. The molecule has 1 aromatic heterocycles. The van der Waals surface area contributed by atoms with Crippen molar-refractivity contribution in [1.29, 1.82) is 0 Å². The molecule has 136 valence electrons. The van der Waals surface area contributed by atoms with Gasteiger partial charge in [0.1, 0.15) is 5.01 Å². The molecule has 0 aliphatic carbocycles. The zero-order valence-electron chi connectivity index (χ0n) is 15.2. The molecule has 0 aliphatic heterocycles. The summed E-state index contributed by atoms with van der Waals surface area (Å²) >= 11 is 1.61. The highest BCUT2D eigenvalue weighted by Crippen LogP contribution is 2.17. The van der Waals surface area contributed by atoms with Gasteiger partial charge in [-0.15, -0.1) is 17.8 Å². The number of nitrogens with zero attached hydrogens (tertiary/aromatic N) is 2. The Hall–Kier alpha value is -2.85. The molecule has 2 rings (SSSR count). The van der Waals surface area contributed by atoms with Crippen LogP contribution >= 0.6 is 11.3 Å². The van der Waals surface area contributed by atoms with E-state index in [9.17, 15) is 4.79 Å². The number of aliphatic imine (C=N–C) groups is 1. The van der Waals surface area contributed by atoms with Gasteiger partial charge in [0.15, 0.2) is 5.96 Å². The summed E-state index contributed by atoms with van der Waals surface area (Å²) in [6.07, 6.45) is 5.36. The molecule has 0 aliphatic rings. The molecule has 26 heavy (non-hydrogen) atoms. The lowest BCUT2D eigenvalue weighted by molar-refractivity contribution is -0.115. The van der Waals surface area contributed by atoms with Crippen LogP contribution in [0.3, 0.4) is 0 Å². The van der Waals surface area contributed by atoms with Crippen molar-refractivity contribution < 1.29 is 4.79 Å². The molecule has 3 N–H and O–H groups in total. The van der Waals surface area contributed by atoms with Crippen LogP contribution in [0.1, 0.15) is 36.0 Å². The smallest absolute Gasteiger partial charge is 0.243 e. The van der Waals surface area contributed by atoms with Gasteiger partial charge < -0.3 is 16.0 Å². The average molecular weight is 369 g/mol. The van der Waals surface area contributed by atoms with Crippen LogP contribution in [0, 0.1) is 12.3 Å². The summed E-state index contributed by atoms with van der Waals surface area (Å²) in [4.78, 5) is 20.7. The predicted octanol–water partition coefficient (Wildman–Crippen LogP) is 2.55. The van der Waals surface area contributed by atoms with Gasteiger partial charge in [0.05, 0.1) is 18.8 Å². The first-order valence-electron chi connectivity index (χ1n) is 8.27. The molecular formula is C19H23N5OS. The minimum absolute atomic E-state index is 0.0923. The van der Waals surface area contributed by atoms with Crippen LogP contribution in [-0.4, -0.2) is 30.4 Å². The van der Waals surface area contributed by atoms with Crippen LogP contribution in [-0.2, 0) is 11.3 Å². The van der Waals surface area contributed by atoms with E-state index in [0.29, 0.717) is 24.1 Å². The first-order chi connectivity index (χ1) is 12.5.